The summed E-state index contributed by atoms with van der Waals surface area (Å²) in [5, 5.41) is 3.41. The molecule has 2 aromatic heterocycles. The molecule has 6 N–H and O–H groups in total. The van der Waals surface area contributed by atoms with Gasteiger partial charge in [-0.05, 0) is 53.8 Å². The third-order valence-electron chi connectivity index (χ3n) is 6.28. The van der Waals surface area contributed by atoms with Gasteiger partial charge in [0.25, 0.3) is 5.91 Å². The summed E-state index contributed by atoms with van der Waals surface area (Å²) in [4.78, 5) is 47.9. The number of nitrogens with one attached hydrogen (secondary N) is 2. The lowest BCUT2D eigenvalue weighted by Gasteiger charge is -2.17. The topological polar surface area (TPSA) is 185 Å². The Kier molecular flexibility index (Phi) is 8.92. The van der Waals surface area contributed by atoms with Crippen LogP contribution in [0.3, 0.4) is 0 Å². The van der Waals surface area contributed by atoms with Gasteiger partial charge >= 0.3 is 11.9 Å². The maximum atomic E-state index is 12.8. The number of rotatable bonds is 11. The van der Waals surface area contributed by atoms with Gasteiger partial charge in [0.1, 0.15) is 11.5 Å². The molecule has 4 rings (SSSR count). The number of hydrogen-bond donors (Lipinski definition) is 4. The van der Waals surface area contributed by atoms with Gasteiger partial charge in [-0.15, -0.1) is 0 Å². The fraction of sp³-hybridized carbons (Fsp3) is 0.250. The fourth-order valence-electron chi connectivity index (χ4n) is 4.15. The maximum Gasteiger partial charge on any atom is 0.337 e. The average molecular weight is 547 g/mol. The molecule has 2 heterocycles. The molecule has 12 heteroatoms. The molecule has 12 nitrogen and oxygen atoms in total. The van der Waals surface area contributed by atoms with Crippen molar-refractivity contribution in [3.8, 4) is 0 Å². The number of methoxy groups -OCH3 is 2. The molecule has 208 valence electrons. The van der Waals surface area contributed by atoms with Gasteiger partial charge in [-0.25, -0.2) is 9.59 Å². The van der Waals surface area contributed by atoms with Crippen molar-refractivity contribution in [3.05, 3.63) is 82.5 Å². The van der Waals surface area contributed by atoms with Crippen LogP contribution in [0.1, 0.15) is 37.4 Å². The van der Waals surface area contributed by atoms with Crippen molar-refractivity contribution < 1.29 is 28.6 Å². The number of anilines is 2. The number of amides is 1. The van der Waals surface area contributed by atoms with Crippen LogP contribution in [-0.4, -0.2) is 59.7 Å². The van der Waals surface area contributed by atoms with E-state index in [0.717, 1.165) is 22.1 Å². The highest BCUT2D eigenvalue weighted by molar-refractivity contribution is 5.97. The highest BCUT2D eigenvalue weighted by atomic mass is 16.5. The third-order valence-corrected chi connectivity index (χ3v) is 6.28. The standard InChI is InChI=1S/C28H30N6O6/c1-38-26(36)19-10-6-17(7-11-19)14-40-15-21(27(37)39-2)32-25(35)18-8-3-16(4-9-18)5-12-20-13-31-24-22(20)23(29)33-28(30)34-24/h3-4,6-11,13,21H,5,12,14-15H2,1-2H3,(H,32,35)(H5,29,30,31,33,34)/t21-/m0/s1. The first-order chi connectivity index (χ1) is 19.3. The van der Waals surface area contributed by atoms with E-state index in [4.69, 9.17) is 20.9 Å². The molecule has 2 aromatic carbocycles. The zero-order valence-corrected chi connectivity index (χ0v) is 22.1. The van der Waals surface area contributed by atoms with Crippen LogP contribution in [0.5, 0.6) is 0 Å². The quantitative estimate of drug-likeness (QED) is 0.203. The van der Waals surface area contributed by atoms with Gasteiger partial charge in [0.05, 0.1) is 38.4 Å². The molecule has 0 saturated carbocycles. The van der Waals surface area contributed by atoms with Crippen molar-refractivity contribution in [1.82, 2.24) is 20.3 Å². The summed E-state index contributed by atoms with van der Waals surface area (Å²) in [6.07, 6.45) is 3.21. The average Bonchev–Trinajstić information content (AvgIpc) is 3.38. The van der Waals surface area contributed by atoms with Gasteiger partial charge in [0, 0.05) is 11.8 Å². The van der Waals surface area contributed by atoms with Crippen molar-refractivity contribution in [3.63, 3.8) is 0 Å². The lowest BCUT2D eigenvalue weighted by atomic mass is 10.0. The highest BCUT2D eigenvalue weighted by Crippen LogP contribution is 2.24. The van der Waals surface area contributed by atoms with Crippen LogP contribution in [0, 0.1) is 0 Å². The summed E-state index contributed by atoms with van der Waals surface area (Å²) in [7, 11) is 2.55. The Morgan fingerprint density at radius 1 is 0.900 bits per heavy atom. The molecule has 0 radical (unpaired) electrons. The van der Waals surface area contributed by atoms with E-state index in [1.807, 2.05) is 18.3 Å². The van der Waals surface area contributed by atoms with E-state index < -0.39 is 23.9 Å². The molecule has 0 aliphatic carbocycles. The van der Waals surface area contributed by atoms with E-state index in [1.54, 1.807) is 36.4 Å². The Bertz CT molecular complexity index is 1500. The largest absolute Gasteiger partial charge is 0.467 e. The molecule has 0 bridgehead atoms. The van der Waals surface area contributed by atoms with Gasteiger partial charge in [-0.1, -0.05) is 24.3 Å². The molecule has 4 aromatic rings. The molecule has 0 saturated heterocycles. The van der Waals surface area contributed by atoms with Gasteiger partial charge in [-0.3, -0.25) is 4.79 Å². The SMILES string of the molecule is COC(=O)c1ccc(COC[C@H](NC(=O)c2ccc(CCc3c[nH]c4nc(N)nc(N)c34)cc2)C(=O)OC)cc1. The van der Waals surface area contributed by atoms with Crippen LogP contribution in [0.15, 0.2) is 54.7 Å². The summed E-state index contributed by atoms with van der Waals surface area (Å²) < 4.78 is 15.1. The Labute approximate surface area is 230 Å². The van der Waals surface area contributed by atoms with Crippen LogP contribution in [0.25, 0.3) is 11.0 Å². The van der Waals surface area contributed by atoms with Crippen molar-refractivity contribution in [2.75, 3.05) is 32.3 Å². The van der Waals surface area contributed by atoms with Gasteiger partial charge in [0.15, 0.2) is 6.04 Å². The monoisotopic (exact) mass is 546 g/mol. The lowest BCUT2D eigenvalue weighted by Crippen LogP contribution is -2.44. The summed E-state index contributed by atoms with van der Waals surface area (Å²) in [6, 6.07) is 12.8. The number of H-pyrrole nitrogens is 1. The van der Waals surface area contributed by atoms with Crippen LogP contribution >= 0.6 is 0 Å². The third kappa shape index (κ3) is 6.72. The number of nitrogen functional groups attached to an aromatic ring is 2. The number of nitrogens with zero attached hydrogens (tertiary/aromatic N) is 2. The predicted octanol–water partition coefficient (Wildman–Crippen LogP) is 2.18. The van der Waals surface area contributed by atoms with Crippen molar-refractivity contribution in [2.45, 2.75) is 25.5 Å². The lowest BCUT2D eigenvalue weighted by molar-refractivity contribution is -0.144. The molecule has 40 heavy (non-hydrogen) atoms. The van der Waals surface area contributed by atoms with E-state index >= 15 is 0 Å². The number of esters is 2. The molecule has 0 unspecified atom stereocenters. The minimum atomic E-state index is -1.00. The van der Waals surface area contributed by atoms with E-state index in [-0.39, 0.29) is 19.2 Å². The minimum Gasteiger partial charge on any atom is -0.467 e. The molecular formula is C28H30N6O6. The number of aromatic amines is 1. The Morgan fingerprint density at radius 3 is 2.25 bits per heavy atom. The molecular weight excluding hydrogens is 516 g/mol. The molecule has 1 amide bonds. The zero-order chi connectivity index (χ0) is 28.6. The normalized spacial score (nSPS) is 11.7. The number of nitrogens with two attached hydrogens (primary N) is 2. The zero-order valence-electron chi connectivity index (χ0n) is 22.1. The summed E-state index contributed by atoms with van der Waals surface area (Å²) >= 11 is 0. The van der Waals surface area contributed by atoms with Gasteiger partial charge in [0.2, 0.25) is 5.95 Å². The smallest absolute Gasteiger partial charge is 0.337 e. The number of hydrogen-bond acceptors (Lipinski definition) is 10. The second kappa shape index (κ2) is 12.7. The minimum absolute atomic E-state index is 0.0988. The Hall–Kier alpha value is -4.97. The predicted molar refractivity (Wildman–Crippen MR) is 147 cm³/mol. The van der Waals surface area contributed by atoms with Crippen LogP contribution in [0.4, 0.5) is 11.8 Å². The summed E-state index contributed by atoms with van der Waals surface area (Å²) in [5.74, 6) is -1.07. The number of aryl methyl sites for hydroxylation is 2. The number of ether oxygens (including phenoxy) is 3. The maximum absolute atomic E-state index is 12.8. The molecule has 0 aliphatic rings. The van der Waals surface area contributed by atoms with E-state index in [0.29, 0.717) is 35.4 Å². The van der Waals surface area contributed by atoms with E-state index in [2.05, 4.69) is 25.0 Å². The Balaban J connectivity index is 1.32. The second-order valence-corrected chi connectivity index (χ2v) is 8.95. The fourth-order valence-corrected chi connectivity index (χ4v) is 4.15. The molecule has 1 atom stereocenters. The highest BCUT2D eigenvalue weighted by Gasteiger charge is 2.22. The first kappa shape index (κ1) is 28.0. The Morgan fingerprint density at radius 2 is 1.57 bits per heavy atom. The number of carbonyl (C=O) groups is 3. The number of carbonyl (C=O) groups excluding carboxylic acids is 3. The first-order valence-electron chi connectivity index (χ1n) is 12.4. The van der Waals surface area contributed by atoms with E-state index in [1.165, 1.54) is 14.2 Å². The molecule has 0 fully saturated rings. The first-order valence-corrected chi connectivity index (χ1v) is 12.4. The van der Waals surface area contributed by atoms with E-state index in [9.17, 15) is 14.4 Å². The van der Waals surface area contributed by atoms with Crippen molar-refractivity contribution >= 4 is 40.6 Å². The van der Waals surface area contributed by atoms with Crippen LogP contribution < -0.4 is 16.8 Å². The van der Waals surface area contributed by atoms with Crippen LogP contribution in [-0.2, 0) is 38.5 Å². The number of benzene rings is 2. The van der Waals surface area contributed by atoms with Crippen molar-refractivity contribution in [2.24, 2.45) is 0 Å². The molecule has 0 aliphatic heterocycles. The van der Waals surface area contributed by atoms with Crippen LogP contribution in [0.2, 0.25) is 0 Å². The summed E-state index contributed by atoms with van der Waals surface area (Å²) in [5.41, 5.74) is 15.8. The second-order valence-electron chi connectivity index (χ2n) is 8.95. The van der Waals surface area contributed by atoms with Crippen molar-refractivity contribution in [1.29, 1.82) is 0 Å². The number of aromatic nitrogens is 3. The van der Waals surface area contributed by atoms with Gasteiger partial charge < -0.3 is 36.0 Å². The number of fused-ring (bicyclic) bond motifs is 1. The molecule has 0 spiro atoms. The summed E-state index contributed by atoms with van der Waals surface area (Å²) in [6.45, 7) is 0.0689. The van der Waals surface area contributed by atoms with Gasteiger partial charge in [-0.2, -0.15) is 9.97 Å².